The van der Waals surface area contributed by atoms with Crippen molar-refractivity contribution in [2.24, 2.45) is 0 Å². The van der Waals surface area contributed by atoms with Crippen LogP contribution >= 0.6 is 11.6 Å². The number of nitrogens with two attached hydrogens (primary N) is 1. The van der Waals surface area contributed by atoms with E-state index in [1.165, 1.54) is 18.4 Å². The van der Waals surface area contributed by atoms with Gasteiger partial charge in [0, 0.05) is 23.3 Å². The molecule has 2 aromatic heterocycles. The van der Waals surface area contributed by atoms with Gasteiger partial charge in [-0.2, -0.15) is 4.98 Å². The van der Waals surface area contributed by atoms with E-state index in [9.17, 15) is 4.79 Å². The quantitative estimate of drug-likeness (QED) is 0.518. The minimum Gasteiger partial charge on any atom is -0.384 e. The SMILES string of the molecule is Nc1cc(Nc2nc(=O)n(-c3ccccc3Cl)c3cc(C4CC4)ccc23)ccn1. The molecule has 1 aliphatic carbocycles. The number of benzene rings is 2. The Morgan fingerprint density at radius 1 is 1.10 bits per heavy atom. The highest BCUT2D eigenvalue weighted by Crippen LogP contribution is 2.41. The summed E-state index contributed by atoms with van der Waals surface area (Å²) in [6, 6.07) is 17.0. The number of hydrogen-bond acceptors (Lipinski definition) is 5. The van der Waals surface area contributed by atoms with Gasteiger partial charge in [0.05, 0.1) is 16.2 Å². The lowest BCUT2D eigenvalue weighted by Gasteiger charge is -2.16. The Morgan fingerprint density at radius 2 is 1.93 bits per heavy atom. The maximum atomic E-state index is 13.1. The fraction of sp³-hybridized carbons (Fsp3) is 0.136. The van der Waals surface area contributed by atoms with Gasteiger partial charge in [0.1, 0.15) is 11.6 Å². The van der Waals surface area contributed by atoms with Crippen LogP contribution in [0, 0.1) is 0 Å². The second-order valence-corrected chi connectivity index (χ2v) is 7.58. The average molecular weight is 404 g/mol. The fourth-order valence-electron chi connectivity index (χ4n) is 3.54. The highest BCUT2D eigenvalue weighted by molar-refractivity contribution is 6.32. The van der Waals surface area contributed by atoms with Crippen molar-refractivity contribution < 1.29 is 0 Å². The molecule has 144 valence electrons. The number of para-hydroxylation sites is 1. The van der Waals surface area contributed by atoms with Crippen molar-refractivity contribution in [1.29, 1.82) is 0 Å². The number of pyridine rings is 1. The molecule has 0 radical (unpaired) electrons. The van der Waals surface area contributed by atoms with Gasteiger partial charge in [0.15, 0.2) is 0 Å². The molecule has 0 bridgehead atoms. The molecule has 7 heteroatoms. The molecule has 3 N–H and O–H groups in total. The largest absolute Gasteiger partial charge is 0.384 e. The Bertz CT molecular complexity index is 1300. The predicted octanol–water partition coefficient (Wildman–Crippen LogP) is 4.64. The van der Waals surface area contributed by atoms with Gasteiger partial charge in [0.25, 0.3) is 0 Å². The molecule has 1 aliphatic rings. The van der Waals surface area contributed by atoms with E-state index in [0.717, 1.165) is 10.9 Å². The van der Waals surface area contributed by atoms with Crippen LogP contribution < -0.4 is 16.7 Å². The van der Waals surface area contributed by atoms with E-state index in [-0.39, 0.29) is 0 Å². The normalized spacial score (nSPS) is 13.6. The van der Waals surface area contributed by atoms with Crippen LogP contribution in [-0.2, 0) is 0 Å². The number of nitrogens with one attached hydrogen (secondary N) is 1. The van der Waals surface area contributed by atoms with Crippen molar-refractivity contribution in [3.05, 3.63) is 81.9 Å². The Kier molecular flexibility index (Phi) is 4.21. The van der Waals surface area contributed by atoms with E-state index in [1.807, 2.05) is 24.3 Å². The predicted molar refractivity (Wildman–Crippen MR) is 116 cm³/mol. The molecule has 1 fully saturated rings. The first kappa shape index (κ1) is 17.7. The van der Waals surface area contributed by atoms with Crippen LogP contribution in [0.4, 0.5) is 17.3 Å². The van der Waals surface area contributed by atoms with E-state index < -0.39 is 5.69 Å². The van der Waals surface area contributed by atoms with Crippen molar-refractivity contribution >= 4 is 39.8 Å². The average Bonchev–Trinajstić information content (AvgIpc) is 3.54. The fourth-order valence-corrected chi connectivity index (χ4v) is 3.76. The summed E-state index contributed by atoms with van der Waals surface area (Å²) in [5.41, 5.74) is 8.71. The van der Waals surface area contributed by atoms with Crippen molar-refractivity contribution in [3.8, 4) is 5.69 Å². The molecule has 5 rings (SSSR count). The van der Waals surface area contributed by atoms with E-state index in [4.69, 9.17) is 17.3 Å². The number of hydrogen-bond donors (Lipinski definition) is 2. The zero-order chi connectivity index (χ0) is 20.0. The summed E-state index contributed by atoms with van der Waals surface area (Å²) in [4.78, 5) is 21.4. The van der Waals surface area contributed by atoms with Gasteiger partial charge >= 0.3 is 5.69 Å². The van der Waals surface area contributed by atoms with E-state index in [0.29, 0.717) is 34.0 Å². The molecule has 2 aromatic carbocycles. The lowest BCUT2D eigenvalue weighted by molar-refractivity contribution is 0.959. The maximum Gasteiger partial charge on any atom is 0.354 e. The topological polar surface area (TPSA) is 85.8 Å². The van der Waals surface area contributed by atoms with Gasteiger partial charge in [-0.3, -0.25) is 4.57 Å². The summed E-state index contributed by atoms with van der Waals surface area (Å²) in [5, 5.41) is 4.53. The third-order valence-electron chi connectivity index (χ3n) is 5.10. The lowest BCUT2D eigenvalue weighted by Crippen LogP contribution is -2.23. The summed E-state index contributed by atoms with van der Waals surface area (Å²) in [6.45, 7) is 0. The molecule has 29 heavy (non-hydrogen) atoms. The van der Waals surface area contributed by atoms with E-state index >= 15 is 0 Å². The smallest absolute Gasteiger partial charge is 0.354 e. The summed E-state index contributed by atoms with van der Waals surface area (Å²) in [6.07, 6.45) is 3.96. The van der Waals surface area contributed by atoms with Crippen molar-refractivity contribution in [3.63, 3.8) is 0 Å². The minimum atomic E-state index is -0.400. The second-order valence-electron chi connectivity index (χ2n) is 7.18. The lowest BCUT2D eigenvalue weighted by atomic mass is 10.1. The Labute approximate surface area is 172 Å². The number of anilines is 3. The van der Waals surface area contributed by atoms with Crippen LogP contribution in [0.1, 0.15) is 24.3 Å². The van der Waals surface area contributed by atoms with Gasteiger partial charge in [-0.05, 0) is 54.7 Å². The van der Waals surface area contributed by atoms with Gasteiger partial charge < -0.3 is 11.1 Å². The molecular weight excluding hydrogens is 386 g/mol. The van der Waals surface area contributed by atoms with Crippen molar-refractivity contribution in [2.75, 3.05) is 11.1 Å². The standard InChI is InChI=1S/C22H18ClN5O/c23-17-3-1-2-4-18(17)28-19-11-14(13-5-6-13)7-8-16(19)21(27-22(28)29)26-15-9-10-25-20(24)12-15/h1-4,7-13H,5-6H2,(H3,24,25,26,27,29). The third-order valence-corrected chi connectivity index (χ3v) is 5.42. The molecule has 2 heterocycles. The molecular formula is C22H18ClN5O. The van der Waals surface area contributed by atoms with Crippen molar-refractivity contribution in [1.82, 2.24) is 14.5 Å². The highest BCUT2D eigenvalue weighted by Gasteiger charge is 2.25. The van der Waals surface area contributed by atoms with Crippen LogP contribution in [0.25, 0.3) is 16.6 Å². The number of nitrogens with zero attached hydrogens (tertiary/aromatic N) is 3. The Morgan fingerprint density at radius 3 is 2.69 bits per heavy atom. The first-order valence-corrected chi connectivity index (χ1v) is 9.78. The molecule has 0 aliphatic heterocycles. The first-order chi connectivity index (χ1) is 14.1. The molecule has 4 aromatic rings. The van der Waals surface area contributed by atoms with E-state index in [1.54, 1.807) is 29.0 Å². The molecule has 0 atom stereocenters. The van der Waals surface area contributed by atoms with Gasteiger partial charge in [-0.15, -0.1) is 0 Å². The van der Waals surface area contributed by atoms with Gasteiger partial charge in [0.2, 0.25) is 0 Å². The maximum absolute atomic E-state index is 13.1. The first-order valence-electron chi connectivity index (χ1n) is 9.40. The van der Waals surface area contributed by atoms with Crippen LogP contribution in [0.3, 0.4) is 0 Å². The van der Waals surface area contributed by atoms with Crippen LogP contribution in [0.5, 0.6) is 0 Å². The van der Waals surface area contributed by atoms with Gasteiger partial charge in [-0.25, -0.2) is 9.78 Å². The van der Waals surface area contributed by atoms with E-state index in [2.05, 4.69) is 27.4 Å². The molecule has 0 unspecified atom stereocenters. The molecule has 0 saturated heterocycles. The Hall–Kier alpha value is -3.38. The summed E-state index contributed by atoms with van der Waals surface area (Å²) >= 11 is 6.41. The summed E-state index contributed by atoms with van der Waals surface area (Å²) in [5.74, 6) is 1.42. The van der Waals surface area contributed by atoms with Crippen LogP contribution in [-0.4, -0.2) is 14.5 Å². The van der Waals surface area contributed by atoms with Crippen molar-refractivity contribution in [2.45, 2.75) is 18.8 Å². The second kappa shape index (κ2) is 6.90. The number of aromatic nitrogens is 3. The molecule has 6 nitrogen and oxygen atoms in total. The number of nitrogen functional groups attached to an aromatic ring is 1. The van der Waals surface area contributed by atoms with Crippen LogP contribution in [0.2, 0.25) is 5.02 Å². The monoisotopic (exact) mass is 403 g/mol. The zero-order valence-corrected chi connectivity index (χ0v) is 16.2. The molecule has 0 spiro atoms. The van der Waals surface area contributed by atoms with Gasteiger partial charge in [-0.1, -0.05) is 29.8 Å². The molecule has 1 saturated carbocycles. The highest BCUT2D eigenvalue weighted by atomic mass is 35.5. The summed E-state index contributed by atoms with van der Waals surface area (Å²) < 4.78 is 1.58. The number of fused-ring (bicyclic) bond motifs is 1. The minimum absolute atomic E-state index is 0.389. The van der Waals surface area contributed by atoms with Crippen LogP contribution in [0.15, 0.2) is 65.6 Å². The Balaban J connectivity index is 1.75. The third kappa shape index (κ3) is 3.32. The zero-order valence-electron chi connectivity index (χ0n) is 15.5. The number of rotatable bonds is 4. The number of halogens is 1. The summed E-state index contributed by atoms with van der Waals surface area (Å²) in [7, 11) is 0. The molecule has 0 amide bonds.